The van der Waals surface area contributed by atoms with Crippen LogP contribution in [0.15, 0.2) is 0 Å². The second kappa shape index (κ2) is 5.47. The molecule has 0 aliphatic carbocycles. The van der Waals surface area contributed by atoms with Gasteiger partial charge in [0.2, 0.25) is 0 Å². The van der Waals surface area contributed by atoms with Crippen LogP contribution < -0.4 is 0 Å². The molecule has 4 nitrogen and oxygen atoms in total. The van der Waals surface area contributed by atoms with E-state index in [1.54, 1.807) is 6.92 Å². The first-order valence-electron chi connectivity index (χ1n) is 5.71. The quantitative estimate of drug-likeness (QED) is 0.732. The van der Waals surface area contributed by atoms with Crippen LogP contribution in [0.4, 0.5) is 0 Å². The highest BCUT2D eigenvalue weighted by Crippen LogP contribution is 2.22. The molecule has 0 unspecified atom stereocenters. The smallest absolute Gasteiger partial charge is 0.320 e. The van der Waals surface area contributed by atoms with Crippen LogP contribution in [0.25, 0.3) is 0 Å². The number of aliphatic carboxylic acids is 1. The predicted molar refractivity (Wildman–Crippen MR) is 57.7 cm³/mol. The summed E-state index contributed by atoms with van der Waals surface area (Å²) in [5, 5.41) is 18.6. The molecule has 0 amide bonds. The van der Waals surface area contributed by atoms with Gasteiger partial charge in [0.05, 0.1) is 6.10 Å². The predicted octanol–water partition coefficient (Wildman–Crippen LogP) is 0.942. The summed E-state index contributed by atoms with van der Waals surface area (Å²) in [5.41, 5.74) is 0. The zero-order valence-corrected chi connectivity index (χ0v) is 9.52. The van der Waals surface area contributed by atoms with Crippen LogP contribution >= 0.6 is 0 Å². The van der Waals surface area contributed by atoms with E-state index >= 15 is 0 Å². The molecule has 0 spiro atoms. The molecule has 1 rings (SSSR count). The van der Waals surface area contributed by atoms with E-state index in [0.717, 1.165) is 19.4 Å². The van der Waals surface area contributed by atoms with Crippen molar-refractivity contribution >= 4 is 5.97 Å². The van der Waals surface area contributed by atoms with Gasteiger partial charge in [-0.05, 0) is 38.6 Å². The molecule has 15 heavy (non-hydrogen) atoms. The number of carbonyl (C=O) groups is 1. The minimum absolute atomic E-state index is 0.229. The highest BCUT2D eigenvalue weighted by atomic mass is 16.4. The Hall–Kier alpha value is -0.610. The summed E-state index contributed by atoms with van der Waals surface area (Å²) in [5.74, 6) is -0.518. The number of carboxylic acids is 1. The fraction of sp³-hybridized carbons (Fsp3) is 0.909. The van der Waals surface area contributed by atoms with Gasteiger partial charge in [0.25, 0.3) is 0 Å². The molecule has 1 fully saturated rings. The van der Waals surface area contributed by atoms with E-state index in [9.17, 15) is 9.90 Å². The Morgan fingerprint density at radius 1 is 1.60 bits per heavy atom. The molecule has 0 aromatic rings. The molecular formula is C11H21NO3. The average Bonchev–Trinajstić information content (AvgIpc) is 2.18. The lowest BCUT2D eigenvalue weighted by molar-refractivity contribution is -0.144. The van der Waals surface area contributed by atoms with Gasteiger partial charge in [-0.25, -0.2) is 0 Å². The first kappa shape index (κ1) is 12.5. The summed E-state index contributed by atoms with van der Waals surface area (Å²) < 4.78 is 0. The number of carboxylic acid groups (broad SMARTS) is 1. The molecule has 88 valence electrons. The lowest BCUT2D eigenvalue weighted by atomic mass is 9.92. The topological polar surface area (TPSA) is 60.8 Å². The van der Waals surface area contributed by atoms with Gasteiger partial charge in [-0.1, -0.05) is 6.92 Å². The van der Waals surface area contributed by atoms with Crippen LogP contribution in [-0.2, 0) is 4.79 Å². The van der Waals surface area contributed by atoms with Crippen molar-refractivity contribution in [2.24, 2.45) is 5.92 Å². The lowest BCUT2D eigenvalue weighted by Gasteiger charge is -2.37. The Morgan fingerprint density at radius 2 is 2.27 bits per heavy atom. The van der Waals surface area contributed by atoms with Crippen molar-refractivity contribution in [3.63, 3.8) is 0 Å². The number of aliphatic hydroxyl groups is 1. The number of aliphatic hydroxyl groups excluding tert-OH is 1. The van der Waals surface area contributed by atoms with Gasteiger partial charge in [-0.3, -0.25) is 9.69 Å². The monoisotopic (exact) mass is 215 g/mol. The van der Waals surface area contributed by atoms with Crippen LogP contribution in [0.1, 0.15) is 33.1 Å². The lowest BCUT2D eigenvalue weighted by Crippen LogP contribution is -2.48. The summed E-state index contributed by atoms with van der Waals surface area (Å²) in [6, 6.07) is -0.383. The van der Waals surface area contributed by atoms with Crippen molar-refractivity contribution in [2.45, 2.75) is 45.3 Å². The molecule has 1 aliphatic rings. The number of hydrogen-bond acceptors (Lipinski definition) is 3. The maximum Gasteiger partial charge on any atom is 0.320 e. The molecule has 1 heterocycles. The molecule has 1 saturated heterocycles. The van der Waals surface area contributed by atoms with E-state index in [0.29, 0.717) is 13.0 Å². The first-order chi connectivity index (χ1) is 7.06. The standard InChI is InChI=1S/C11H21NO3/c1-3-10(11(14)15)12-6-4-5-9(7-12)8(2)13/h8-10,13H,3-7H2,1-2H3,(H,14,15)/t8-,9+,10-/m1/s1. The van der Waals surface area contributed by atoms with Gasteiger partial charge < -0.3 is 10.2 Å². The Balaban J connectivity index is 2.58. The summed E-state index contributed by atoms with van der Waals surface area (Å²) in [4.78, 5) is 13.0. The molecule has 4 heteroatoms. The maximum absolute atomic E-state index is 11.0. The van der Waals surface area contributed by atoms with Crippen molar-refractivity contribution in [3.05, 3.63) is 0 Å². The van der Waals surface area contributed by atoms with E-state index < -0.39 is 5.97 Å². The van der Waals surface area contributed by atoms with Crippen molar-refractivity contribution in [1.82, 2.24) is 4.90 Å². The summed E-state index contributed by atoms with van der Waals surface area (Å²) in [6.07, 6.45) is 2.28. The van der Waals surface area contributed by atoms with Crippen molar-refractivity contribution in [1.29, 1.82) is 0 Å². The zero-order chi connectivity index (χ0) is 11.4. The van der Waals surface area contributed by atoms with Gasteiger partial charge in [0.15, 0.2) is 0 Å². The average molecular weight is 215 g/mol. The number of rotatable bonds is 4. The van der Waals surface area contributed by atoms with Crippen LogP contribution in [0.5, 0.6) is 0 Å². The van der Waals surface area contributed by atoms with E-state index in [2.05, 4.69) is 0 Å². The van der Waals surface area contributed by atoms with Crippen LogP contribution in [0.3, 0.4) is 0 Å². The number of piperidine rings is 1. The fourth-order valence-corrected chi connectivity index (χ4v) is 2.31. The summed E-state index contributed by atoms with van der Waals surface area (Å²) >= 11 is 0. The van der Waals surface area contributed by atoms with Gasteiger partial charge in [-0.15, -0.1) is 0 Å². The molecule has 1 aliphatic heterocycles. The van der Waals surface area contributed by atoms with E-state index in [-0.39, 0.29) is 18.1 Å². The maximum atomic E-state index is 11.0. The second-order valence-electron chi connectivity index (χ2n) is 4.40. The highest BCUT2D eigenvalue weighted by Gasteiger charge is 2.30. The Morgan fingerprint density at radius 3 is 2.73 bits per heavy atom. The third-order valence-corrected chi connectivity index (χ3v) is 3.28. The molecule has 2 N–H and O–H groups in total. The number of hydrogen-bond donors (Lipinski definition) is 2. The van der Waals surface area contributed by atoms with Gasteiger partial charge >= 0.3 is 5.97 Å². The van der Waals surface area contributed by atoms with Gasteiger partial charge in [0.1, 0.15) is 6.04 Å². The van der Waals surface area contributed by atoms with E-state index in [1.165, 1.54) is 0 Å². The normalized spacial score (nSPS) is 27.3. The van der Waals surface area contributed by atoms with E-state index in [4.69, 9.17) is 5.11 Å². The molecular weight excluding hydrogens is 194 g/mol. The van der Waals surface area contributed by atoms with Crippen LogP contribution in [-0.4, -0.2) is 46.3 Å². The van der Waals surface area contributed by atoms with Gasteiger partial charge in [0, 0.05) is 6.54 Å². The van der Waals surface area contributed by atoms with Crippen LogP contribution in [0, 0.1) is 5.92 Å². The first-order valence-corrected chi connectivity index (χ1v) is 5.71. The zero-order valence-electron chi connectivity index (χ0n) is 9.52. The third kappa shape index (κ3) is 3.18. The van der Waals surface area contributed by atoms with Crippen molar-refractivity contribution in [3.8, 4) is 0 Å². The Kier molecular flexibility index (Phi) is 4.54. The third-order valence-electron chi connectivity index (χ3n) is 3.28. The van der Waals surface area contributed by atoms with Crippen molar-refractivity contribution < 1.29 is 15.0 Å². The molecule has 0 aromatic heterocycles. The van der Waals surface area contributed by atoms with E-state index in [1.807, 2.05) is 11.8 Å². The second-order valence-corrected chi connectivity index (χ2v) is 4.40. The molecule has 0 saturated carbocycles. The highest BCUT2D eigenvalue weighted by molar-refractivity contribution is 5.73. The van der Waals surface area contributed by atoms with Crippen molar-refractivity contribution in [2.75, 3.05) is 13.1 Å². The molecule has 0 bridgehead atoms. The molecule has 3 atom stereocenters. The molecule has 0 radical (unpaired) electrons. The van der Waals surface area contributed by atoms with Crippen LogP contribution in [0.2, 0.25) is 0 Å². The summed E-state index contributed by atoms with van der Waals surface area (Å²) in [7, 11) is 0. The number of likely N-dealkylation sites (tertiary alicyclic amines) is 1. The minimum atomic E-state index is -0.747. The largest absolute Gasteiger partial charge is 0.480 e. The Labute approximate surface area is 90.9 Å². The minimum Gasteiger partial charge on any atom is -0.480 e. The molecule has 0 aromatic carbocycles. The van der Waals surface area contributed by atoms with Gasteiger partial charge in [-0.2, -0.15) is 0 Å². The number of nitrogens with zero attached hydrogens (tertiary/aromatic N) is 1. The summed E-state index contributed by atoms with van der Waals surface area (Å²) in [6.45, 7) is 5.23. The fourth-order valence-electron chi connectivity index (χ4n) is 2.31. The SMILES string of the molecule is CC[C@H](C(=O)O)N1CCC[C@H]([C@@H](C)O)C1. The Bertz CT molecular complexity index is 218.